The first-order chi connectivity index (χ1) is 9.39. The van der Waals surface area contributed by atoms with Crippen molar-refractivity contribution in [3.8, 4) is 0 Å². The summed E-state index contributed by atoms with van der Waals surface area (Å²) in [5, 5.41) is 20.1. The summed E-state index contributed by atoms with van der Waals surface area (Å²) >= 11 is 7.33. The van der Waals surface area contributed by atoms with Gasteiger partial charge in [-0.05, 0) is 43.9 Å². The van der Waals surface area contributed by atoms with E-state index in [2.05, 4.69) is 0 Å². The average molecular weight is 316 g/mol. The molecule has 0 aromatic heterocycles. The lowest BCUT2D eigenvalue weighted by Crippen LogP contribution is -2.38. The molecule has 0 heterocycles. The van der Waals surface area contributed by atoms with E-state index in [0.29, 0.717) is 42.1 Å². The van der Waals surface area contributed by atoms with Crippen LogP contribution in [-0.4, -0.2) is 27.5 Å². The normalized spacial score (nSPS) is 26.4. The van der Waals surface area contributed by atoms with Crippen LogP contribution >= 0.6 is 23.4 Å². The zero-order valence-electron chi connectivity index (χ0n) is 11.0. The standard InChI is InChI=1S/C14H18ClNO3S/c15-10-1-2-12(11(16)7-10)20-8-14(19)5-3-9(4-6-14)13(17)18/h1-2,7,9,19H,3-6,8,16H2,(H,17,18). The number of aliphatic carboxylic acids is 1. The number of hydrogen-bond donors (Lipinski definition) is 3. The van der Waals surface area contributed by atoms with Gasteiger partial charge < -0.3 is 15.9 Å². The Balaban J connectivity index is 1.92. The van der Waals surface area contributed by atoms with Crippen molar-refractivity contribution in [2.45, 2.75) is 36.2 Å². The van der Waals surface area contributed by atoms with E-state index in [9.17, 15) is 9.90 Å². The molecule has 110 valence electrons. The van der Waals surface area contributed by atoms with Crippen molar-refractivity contribution in [2.24, 2.45) is 5.92 Å². The van der Waals surface area contributed by atoms with Gasteiger partial charge in [0.05, 0.1) is 11.5 Å². The third-order valence-electron chi connectivity index (χ3n) is 3.73. The third-order valence-corrected chi connectivity index (χ3v) is 5.33. The summed E-state index contributed by atoms with van der Waals surface area (Å²) in [6.45, 7) is 0. The second-order valence-electron chi connectivity index (χ2n) is 5.31. The second kappa shape index (κ2) is 6.24. The van der Waals surface area contributed by atoms with Crippen LogP contribution in [0.25, 0.3) is 0 Å². The lowest BCUT2D eigenvalue weighted by Gasteiger charge is -2.34. The SMILES string of the molecule is Nc1cc(Cl)ccc1SCC1(O)CCC(C(=O)O)CC1. The molecule has 1 aromatic rings. The molecule has 1 fully saturated rings. The first kappa shape index (κ1) is 15.5. The molecule has 1 aliphatic carbocycles. The lowest BCUT2D eigenvalue weighted by atomic mass is 9.80. The molecule has 0 unspecified atom stereocenters. The Morgan fingerprint density at radius 1 is 1.45 bits per heavy atom. The first-order valence-electron chi connectivity index (χ1n) is 6.53. The van der Waals surface area contributed by atoms with E-state index in [1.807, 2.05) is 6.07 Å². The molecule has 0 bridgehead atoms. The van der Waals surface area contributed by atoms with Gasteiger partial charge in [-0.15, -0.1) is 11.8 Å². The van der Waals surface area contributed by atoms with Gasteiger partial charge in [-0.3, -0.25) is 4.79 Å². The third kappa shape index (κ3) is 3.81. The zero-order chi connectivity index (χ0) is 14.8. The van der Waals surface area contributed by atoms with Gasteiger partial charge in [-0.25, -0.2) is 0 Å². The number of carboxylic acid groups (broad SMARTS) is 1. The number of rotatable bonds is 4. The maximum atomic E-state index is 10.9. The molecular formula is C14H18ClNO3S. The van der Waals surface area contributed by atoms with Gasteiger partial charge in [0, 0.05) is 21.4 Å². The summed E-state index contributed by atoms with van der Waals surface area (Å²) in [6, 6.07) is 5.30. The minimum atomic E-state index is -0.803. The number of hydrogen-bond acceptors (Lipinski definition) is 4. The highest BCUT2D eigenvalue weighted by atomic mass is 35.5. The van der Waals surface area contributed by atoms with Crippen LogP contribution < -0.4 is 5.73 Å². The van der Waals surface area contributed by atoms with Crippen molar-refractivity contribution < 1.29 is 15.0 Å². The molecule has 0 aliphatic heterocycles. The first-order valence-corrected chi connectivity index (χ1v) is 7.89. The summed E-state index contributed by atoms with van der Waals surface area (Å²) in [5.41, 5.74) is 5.68. The molecule has 20 heavy (non-hydrogen) atoms. The molecule has 0 amide bonds. The molecule has 2 rings (SSSR count). The average Bonchev–Trinajstić information content (AvgIpc) is 2.38. The topological polar surface area (TPSA) is 83.5 Å². The summed E-state index contributed by atoms with van der Waals surface area (Å²) < 4.78 is 0. The largest absolute Gasteiger partial charge is 0.481 e. The number of thioether (sulfide) groups is 1. The fourth-order valence-electron chi connectivity index (χ4n) is 2.41. The van der Waals surface area contributed by atoms with E-state index in [-0.39, 0.29) is 5.92 Å². The second-order valence-corrected chi connectivity index (χ2v) is 6.76. The maximum Gasteiger partial charge on any atom is 0.306 e. The van der Waals surface area contributed by atoms with Crippen LogP contribution in [-0.2, 0) is 4.79 Å². The van der Waals surface area contributed by atoms with E-state index in [0.717, 1.165) is 4.90 Å². The Labute approximate surface area is 127 Å². The fourth-order valence-corrected chi connectivity index (χ4v) is 3.69. The number of carboxylic acids is 1. The molecule has 0 radical (unpaired) electrons. The van der Waals surface area contributed by atoms with E-state index in [4.69, 9.17) is 22.4 Å². The molecule has 0 spiro atoms. The van der Waals surface area contributed by atoms with Crippen LogP contribution in [0.4, 0.5) is 5.69 Å². The van der Waals surface area contributed by atoms with Crippen LogP contribution in [0.3, 0.4) is 0 Å². The van der Waals surface area contributed by atoms with Crippen molar-refractivity contribution in [3.05, 3.63) is 23.2 Å². The highest BCUT2D eigenvalue weighted by Crippen LogP contribution is 2.37. The number of aliphatic hydroxyl groups is 1. The Hall–Kier alpha value is -0.910. The minimum absolute atomic E-state index is 0.319. The summed E-state index contributed by atoms with van der Waals surface area (Å²) in [5.74, 6) is -0.562. The van der Waals surface area contributed by atoms with Crippen LogP contribution in [0.5, 0.6) is 0 Å². The fraction of sp³-hybridized carbons (Fsp3) is 0.500. The van der Waals surface area contributed by atoms with E-state index in [1.54, 1.807) is 12.1 Å². The molecule has 4 nitrogen and oxygen atoms in total. The van der Waals surface area contributed by atoms with E-state index in [1.165, 1.54) is 11.8 Å². The molecule has 0 saturated heterocycles. The van der Waals surface area contributed by atoms with Crippen molar-refractivity contribution >= 4 is 35.0 Å². The summed E-state index contributed by atoms with van der Waals surface area (Å²) in [4.78, 5) is 11.8. The molecule has 1 aliphatic rings. The van der Waals surface area contributed by atoms with Gasteiger partial charge in [0.1, 0.15) is 0 Å². The highest BCUT2D eigenvalue weighted by Gasteiger charge is 2.35. The summed E-state index contributed by atoms with van der Waals surface area (Å²) in [6.07, 6.45) is 2.10. The number of carbonyl (C=O) groups is 1. The van der Waals surface area contributed by atoms with Crippen LogP contribution in [0, 0.1) is 5.92 Å². The Kier molecular flexibility index (Phi) is 4.83. The highest BCUT2D eigenvalue weighted by molar-refractivity contribution is 7.99. The van der Waals surface area contributed by atoms with Gasteiger partial charge in [0.15, 0.2) is 0 Å². The number of halogens is 1. The Morgan fingerprint density at radius 3 is 2.65 bits per heavy atom. The number of nitrogen functional groups attached to an aromatic ring is 1. The van der Waals surface area contributed by atoms with Crippen molar-refractivity contribution in [1.82, 2.24) is 0 Å². The van der Waals surface area contributed by atoms with E-state index < -0.39 is 11.6 Å². The molecule has 6 heteroatoms. The minimum Gasteiger partial charge on any atom is -0.481 e. The zero-order valence-corrected chi connectivity index (χ0v) is 12.6. The van der Waals surface area contributed by atoms with Gasteiger partial charge in [0.2, 0.25) is 0 Å². The number of nitrogens with two attached hydrogens (primary N) is 1. The van der Waals surface area contributed by atoms with Gasteiger partial charge in [-0.1, -0.05) is 11.6 Å². The smallest absolute Gasteiger partial charge is 0.306 e. The lowest BCUT2D eigenvalue weighted by molar-refractivity contribution is -0.144. The van der Waals surface area contributed by atoms with Crippen LogP contribution in [0.15, 0.2) is 23.1 Å². The van der Waals surface area contributed by atoms with Gasteiger partial charge >= 0.3 is 5.97 Å². The van der Waals surface area contributed by atoms with E-state index >= 15 is 0 Å². The summed E-state index contributed by atoms with van der Waals surface area (Å²) in [7, 11) is 0. The molecule has 0 atom stereocenters. The van der Waals surface area contributed by atoms with Crippen LogP contribution in [0.1, 0.15) is 25.7 Å². The predicted octanol–water partition coefficient (Wildman–Crippen LogP) is 3.02. The van der Waals surface area contributed by atoms with Gasteiger partial charge in [0.25, 0.3) is 0 Å². The predicted molar refractivity (Wildman–Crippen MR) is 81.1 cm³/mol. The van der Waals surface area contributed by atoms with Crippen molar-refractivity contribution in [2.75, 3.05) is 11.5 Å². The van der Waals surface area contributed by atoms with Crippen molar-refractivity contribution in [3.63, 3.8) is 0 Å². The quantitative estimate of drug-likeness (QED) is 0.587. The monoisotopic (exact) mass is 315 g/mol. The molecule has 4 N–H and O–H groups in total. The molecule has 1 aromatic carbocycles. The van der Waals surface area contributed by atoms with Crippen LogP contribution in [0.2, 0.25) is 5.02 Å². The number of benzene rings is 1. The molecular weight excluding hydrogens is 298 g/mol. The Morgan fingerprint density at radius 2 is 2.10 bits per heavy atom. The Bertz CT molecular complexity index is 501. The van der Waals surface area contributed by atoms with Crippen molar-refractivity contribution in [1.29, 1.82) is 0 Å². The number of anilines is 1. The molecule has 1 saturated carbocycles. The maximum absolute atomic E-state index is 10.9. The van der Waals surface area contributed by atoms with Gasteiger partial charge in [-0.2, -0.15) is 0 Å².